The molecular weight excluding hydrogens is 446 g/mol. The quantitative estimate of drug-likeness (QED) is 0.591. The smallest absolute Gasteiger partial charge is 0.245 e. The Morgan fingerprint density at radius 3 is 2.17 bits per heavy atom. The molecule has 0 amide bonds. The number of nitrogens with zero attached hydrogens (tertiary/aromatic N) is 3. The molecule has 1 aliphatic rings. The van der Waals surface area contributed by atoms with Crippen LogP contribution < -0.4 is 0 Å². The Balaban J connectivity index is 1.58. The standard InChI is InChI=1S/C20H20ClN3O4S2/c1-15-12-16-4-2-7-19(20(16)22-14-15)30(27,28)24-10-8-23(9-11-24)29(25,26)18-6-3-5-17(21)13-18/h2-7,12-14H,8-11H2,1H3. The molecule has 1 fully saturated rings. The Kier molecular flexibility index (Phi) is 5.58. The molecule has 0 unspecified atom stereocenters. The summed E-state index contributed by atoms with van der Waals surface area (Å²) in [6.45, 7) is 2.14. The van der Waals surface area contributed by atoms with Gasteiger partial charge in [-0.15, -0.1) is 0 Å². The molecule has 2 heterocycles. The van der Waals surface area contributed by atoms with Crippen LogP contribution in [0.3, 0.4) is 0 Å². The van der Waals surface area contributed by atoms with Gasteiger partial charge in [0.05, 0.1) is 10.4 Å². The molecule has 0 radical (unpaired) electrons. The van der Waals surface area contributed by atoms with Gasteiger partial charge in [-0.05, 0) is 42.8 Å². The maximum Gasteiger partial charge on any atom is 0.245 e. The molecular formula is C20H20ClN3O4S2. The minimum Gasteiger partial charge on any atom is -0.255 e. The summed E-state index contributed by atoms with van der Waals surface area (Å²) >= 11 is 5.92. The Hall–Kier alpha value is -2.04. The summed E-state index contributed by atoms with van der Waals surface area (Å²) in [4.78, 5) is 4.55. The van der Waals surface area contributed by atoms with Crippen molar-refractivity contribution < 1.29 is 16.8 Å². The number of sulfonamides is 2. The van der Waals surface area contributed by atoms with Gasteiger partial charge in [0.2, 0.25) is 20.0 Å². The molecule has 10 heteroatoms. The first-order valence-electron chi connectivity index (χ1n) is 9.31. The van der Waals surface area contributed by atoms with E-state index in [-0.39, 0.29) is 36.0 Å². The molecule has 30 heavy (non-hydrogen) atoms. The van der Waals surface area contributed by atoms with Crippen molar-refractivity contribution in [2.45, 2.75) is 16.7 Å². The van der Waals surface area contributed by atoms with Crippen molar-refractivity contribution >= 4 is 42.6 Å². The summed E-state index contributed by atoms with van der Waals surface area (Å²) in [5, 5.41) is 1.08. The first-order chi connectivity index (χ1) is 14.2. The molecule has 1 saturated heterocycles. The molecule has 7 nitrogen and oxygen atoms in total. The third kappa shape index (κ3) is 3.83. The fourth-order valence-electron chi connectivity index (χ4n) is 3.52. The number of benzene rings is 2. The largest absolute Gasteiger partial charge is 0.255 e. The third-order valence-corrected chi connectivity index (χ3v) is 9.12. The highest BCUT2D eigenvalue weighted by molar-refractivity contribution is 7.89. The van der Waals surface area contributed by atoms with Gasteiger partial charge in [-0.25, -0.2) is 16.8 Å². The van der Waals surface area contributed by atoms with Crippen LogP contribution in [0, 0.1) is 6.92 Å². The van der Waals surface area contributed by atoms with Gasteiger partial charge in [0.25, 0.3) is 0 Å². The van der Waals surface area contributed by atoms with Crippen LogP contribution in [0.2, 0.25) is 5.02 Å². The van der Waals surface area contributed by atoms with Crippen molar-refractivity contribution in [2.24, 2.45) is 0 Å². The van der Waals surface area contributed by atoms with Crippen LogP contribution in [0.5, 0.6) is 0 Å². The van der Waals surface area contributed by atoms with Crippen LogP contribution in [-0.4, -0.2) is 56.6 Å². The van der Waals surface area contributed by atoms with Gasteiger partial charge in [0.15, 0.2) is 0 Å². The van der Waals surface area contributed by atoms with Gasteiger partial charge in [-0.1, -0.05) is 29.8 Å². The number of halogens is 1. The zero-order valence-corrected chi connectivity index (χ0v) is 18.6. The molecule has 3 aromatic rings. The number of rotatable bonds is 4. The molecule has 0 atom stereocenters. The van der Waals surface area contributed by atoms with Crippen molar-refractivity contribution in [3.63, 3.8) is 0 Å². The summed E-state index contributed by atoms with van der Waals surface area (Å²) in [5.41, 5.74) is 1.36. The molecule has 2 aromatic carbocycles. The zero-order chi connectivity index (χ0) is 21.5. The highest BCUT2D eigenvalue weighted by Gasteiger charge is 2.34. The van der Waals surface area contributed by atoms with Crippen LogP contribution in [0.25, 0.3) is 10.9 Å². The van der Waals surface area contributed by atoms with Crippen molar-refractivity contribution in [3.8, 4) is 0 Å². The van der Waals surface area contributed by atoms with E-state index in [9.17, 15) is 16.8 Å². The number of piperazine rings is 1. The van der Waals surface area contributed by atoms with Gasteiger partial charge in [-0.2, -0.15) is 8.61 Å². The Morgan fingerprint density at radius 1 is 0.867 bits per heavy atom. The number of aryl methyl sites for hydroxylation is 1. The fraction of sp³-hybridized carbons (Fsp3) is 0.250. The van der Waals surface area contributed by atoms with Gasteiger partial charge in [0, 0.05) is 42.8 Å². The van der Waals surface area contributed by atoms with E-state index in [1.807, 2.05) is 19.1 Å². The molecule has 1 aliphatic heterocycles. The second-order valence-corrected chi connectivity index (χ2v) is 11.4. The minimum absolute atomic E-state index is 0.0599. The second-order valence-electron chi connectivity index (χ2n) is 7.11. The van der Waals surface area contributed by atoms with Crippen molar-refractivity contribution in [3.05, 3.63) is 65.3 Å². The van der Waals surface area contributed by atoms with E-state index < -0.39 is 20.0 Å². The number of para-hydroxylation sites is 1. The molecule has 0 saturated carbocycles. The number of pyridine rings is 1. The summed E-state index contributed by atoms with van der Waals surface area (Å²) < 4.78 is 54.8. The molecule has 4 rings (SSSR count). The first-order valence-corrected chi connectivity index (χ1v) is 12.6. The predicted molar refractivity (Wildman–Crippen MR) is 115 cm³/mol. The van der Waals surface area contributed by atoms with Crippen molar-refractivity contribution in [1.29, 1.82) is 0 Å². The van der Waals surface area contributed by atoms with Crippen LogP contribution in [0.15, 0.2) is 64.5 Å². The number of fused-ring (bicyclic) bond motifs is 1. The van der Waals surface area contributed by atoms with Gasteiger partial charge < -0.3 is 0 Å². The zero-order valence-electron chi connectivity index (χ0n) is 16.2. The second kappa shape index (κ2) is 7.90. The number of hydrogen-bond acceptors (Lipinski definition) is 5. The van der Waals surface area contributed by atoms with E-state index in [4.69, 9.17) is 11.6 Å². The monoisotopic (exact) mass is 465 g/mol. The van der Waals surface area contributed by atoms with Gasteiger partial charge in [-0.3, -0.25) is 4.98 Å². The van der Waals surface area contributed by atoms with E-state index in [1.54, 1.807) is 24.4 Å². The van der Waals surface area contributed by atoms with Crippen molar-refractivity contribution in [2.75, 3.05) is 26.2 Å². The van der Waals surface area contributed by atoms with E-state index in [2.05, 4.69) is 4.98 Å². The lowest BCUT2D eigenvalue weighted by Gasteiger charge is -2.33. The molecule has 1 aromatic heterocycles. The lowest BCUT2D eigenvalue weighted by atomic mass is 10.2. The lowest BCUT2D eigenvalue weighted by Crippen LogP contribution is -2.50. The van der Waals surface area contributed by atoms with Gasteiger partial charge >= 0.3 is 0 Å². The van der Waals surface area contributed by atoms with Crippen molar-refractivity contribution in [1.82, 2.24) is 13.6 Å². The van der Waals surface area contributed by atoms with E-state index in [0.717, 1.165) is 10.9 Å². The number of hydrogen-bond donors (Lipinski definition) is 0. The first kappa shape index (κ1) is 21.2. The minimum atomic E-state index is -3.81. The number of aromatic nitrogens is 1. The summed E-state index contributed by atoms with van der Waals surface area (Å²) in [6, 6.07) is 13.0. The Labute approximate surface area is 181 Å². The topological polar surface area (TPSA) is 87.7 Å². The summed E-state index contributed by atoms with van der Waals surface area (Å²) in [7, 11) is -7.56. The maximum absolute atomic E-state index is 13.3. The van der Waals surface area contributed by atoms with Crippen LogP contribution in [-0.2, 0) is 20.0 Å². The predicted octanol–water partition coefficient (Wildman–Crippen LogP) is 2.89. The maximum atomic E-state index is 13.3. The normalized spacial score (nSPS) is 16.7. The highest BCUT2D eigenvalue weighted by atomic mass is 35.5. The third-order valence-electron chi connectivity index (χ3n) is 5.06. The molecule has 0 bridgehead atoms. The van der Waals surface area contributed by atoms with Crippen LogP contribution >= 0.6 is 11.6 Å². The molecule has 0 aliphatic carbocycles. The summed E-state index contributed by atoms with van der Waals surface area (Å²) in [5.74, 6) is 0. The van der Waals surface area contributed by atoms with E-state index >= 15 is 0 Å². The summed E-state index contributed by atoms with van der Waals surface area (Å²) in [6.07, 6.45) is 1.64. The van der Waals surface area contributed by atoms with E-state index in [1.165, 1.54) is 26.8 Å². The molecule has 158 valence electrons. The Morgan fingerprint density at radius 2 is 1.50 bits per heavy atom. The Bertz CT molecular complexity index is 1320. The van der Waals surface area contributed by atoms with Crippen LogP contribution in [0.4, 0.5) is 0 Å². The SMILES string of the molecule is Cc1cnc2c(S(=O)(=O)N3CCN(S(=O)(=O)c4cccc(Cl)c4)CC3)cccc2c1. The molecule has 0 spiro atoms. The van der Waals surface area contributed by atoms with Crippen LogP contribution in [0.1, 0.15) is 5.56 Å². The van der Waals surface area contributed by atoms with Gasteiger partial charge in [0.1, 0.15) is 4.90 Å². The lowest BCUT2D eigenvalue weighted by molar-refractivity contribution is 0.273. The fourth-order valence-corrected chi connectivity index (χ4v) is 6.83. The molecule has 0 N–H and O–H groups in total. The van der Waals surface area contributed by atoms with E-state index in [0.29, 0.717) is 10.5 Å². The highest BCUT2D eigenvalue weighted by Crippen LogP contribution is 2.27. The average molecular weight is 466 g/mol. The average Bonchev–Trinajstić information content (AvgIpc) is 2.73.